The molecule has 0 aliphatic rings. The summed E-state index contributed by atoms with van der Waals surface area (Å²) >= 11 is 0. The predicted molar refractivity (Wildman–Crippen MR) is 116 cm³/mol. The van der Waals surface area contributed by atoms with Gasteiger partial charge in [-0.25, -0.2) is 9.97 Å². The van der Waals surface area contributed by atoms with Crippen LogP contribution < -0.4 is 20.3 Å². The number of carbonyl (C=O) groups is 1. The lowest BCUT2D eigenvalue weighted by molar-refractivity contribution is 0.102. The van der Waals surface area contributed by atoms with E-state index in [0.717, 1.165) is 17.1 Å². The molecule has 3 rings (SSSR count). The third-order valence-electron chi connectivity index (χ3n) is 4.01. The highest BCUT2D eigenvalue weighted by Gasteiger charge is 2.10. The van der Waals surface area contributed by atoms with E-state index in [1.807, 2.05) is 69.2 Å². The van der Waals surface area contributed by atoms with Gasteiger partial charge in [0.25, 0.3) is 5.91 Å². The predicted octanol–water partition coefficient (Wildman–Crippen LogP) is 4.33. The molecule has 7 nitrogen and oxygen atoms in total. The maximum absolute atomic E-state index is 12.5. The minimum atomic E-state index is -0.309. The van der Waals surface area contributed by atoms with Crippen LogP contribution >= 0.6 is 0 Å². The Bertz CT molecular complexity index is 954. The molecule has 7 heteroatoms. The first-order valence-electron chi connectivity index (χ1n) is 9.36. The van der Waals surface area contributed by atoms with Crippen LogP contribution in [-0.2, 0) is 0 Å². The third kappa shape index (κ3) is 5.68. The van der Waals surface area contributed by atoms with E-state index >= 15 is 0 Å². The van der Waals surface area contributed by atoms with Crippen LogP contribution in [0.3, 0.4) is 0 Å². The lowest BCUT2D eigenvalue weighted by Crippen LogP contribution is -2.15. The molecule has 0 radical (unpaired) electrons. The SMILES string of the molecule is CC(C)Oc1ccc(NC(=O)c2ccnc(Nc3ccc(N(C)C)cc3)n2)cc1. The van der Waals surface area contributed by atoms with Gasteiger partial charge in [0.15, 0.2) is 0 Å². The molecule has 0 atom stereocenters. The van der Waals surface area contributed by atoms with Crippen LogP contribution in [0.1, 0.15) is 24.3 Å². The first kappa shape index (κ1) is 20.1. The molecule has 0 saturated carbocycles. The van der Waals surface area contributed by atoms with Gasteiger partial charge in [-0.2, -0.15) is 0 Å². The van der Waals surface area contributed by atoms with Gasteiger partial charge in [-0.1, -0.05) is 0 Å². The van der Waals surface area contributed by atoms with Crippen LogP contribution in [0, 0.1) is 0 Å². The topological polar surface area (TPSA) is 79.4 Å². The zero-order valence-electron chi connectivity index (χ0n) is 17.0. The van der Waals surface area contributed by atoms with Crippen LogP contribution in [0.4, 0.5) is 23.0 Å². The number of aromatic nitrogens is 2. The molecule has 1 heterocycles. The largest absolute Gasteiger partial charge is 0.491 e. The van der Waals surface area contributed by atoms with Gasteiger partial charge in [-0.15, -0.1) is 0 Å². The molecule has 1 amide bonds. The summed E-state index contributed by atoms with van der Waals surface area (Å²) in [6.45, 7) is 3.93. The van der Waals surface area contributed by atoms with Gasteiger partial charge in [0.2, 0.25) is 5.95 Å². The molecular weight excluding hydrogens is 366 g/mol. The number of hydrogen-bond donors (Lipinski definition) is 2. The van der Waals surface area contributed by atoms with E-state index in [4.69, 9.17) is 4.74 Å². The second-order valence-corrected chi connectivity index (χ2v) is 6.98. The molecule has 0 aliphatic heterocycles. The minimum absolute atomic E-state index is 0.0986. The highest BCUT2D eigenvalue weighted by Crippen LogP contribution is 2.19. The molecular formula is C22H25N5O2. The van der Waals surface area contributed by atoms with Gasteiger partial charge in [-0.05, 0) is 68.4 Å². The molecule has 0 spiro atoms. The standard InChI is InChI=1S/C22H25N5O2/c1-15(2)29-19-11-7-16(8-12-19)24-21(28)20-13-14-23-22(26-20)25-17-5-9-18(10-6-17)27(3)4/h5-15H,1-4H3,(H,24,28)(H,23,25,26). The monoisotopic (exact) mass is 391 g/mol. The summed E-state index contributed by atoms with van der Waals surface area (Å²) in [4.78, 5) is 23.1. The molecule has 1 aromatic heterocycles. The van der Waals surface area contributed by atoms with Crippen LogP contribution in [-0.4, -0.2) is 36.1 Å². The van der Waals surface area contributed by atoms with E-state index in [0.29, 0.717) is 11.6 Å². The molecule has 0 bridgehead atoms. The molecule has 0 saturated heterocycles. The van der Waals surface area contributed by atoms with Gasteiger partial charge < -0.3 is 20.3 Å². The van der Waals surface area contributed by atoms with Crippen molar-refractivity contribution < 1.29 is 9.53 Å². The van der Waals surface area contributed by atoms with Crippen molar-refractivity contribution in [3.63, 3.8) is 0 Å². The summed E-state index contributed by atoms with van der Waals surface area (Å²) in [5.41, 5.74) is 2.87. The molecule has 29 heavy (non-hydrogen) atoms. The van der Waals surface area contributed by atoms with E-state index in [1.165, 1.54) is 0 Å². The Morgan fingerprint density at radius 1 is 0.966 bits per heavy atom. The molecule has 0 aliphatic carbocycles. The Hall–Kier alpha value is -3.61. The maximum atomic E-state index is 12.5. The first-order valence-corrected chi connectivity index (χ1v) is 9.36. The Morgan fingerprint density at radius 3 is 2.24 bits per heavy atom. The summed E-state index contributed by atoms with van der Waals surface area (Å²) in [7, 11) is 3.97. The van der Waals surface area contributed by atoms with Crippen molar-refractivity contribution in [2.45, 2.75) is 20.0 Å². The third-order valence-corrected chi connectivity index (χ3v) is 4.01. The summed E-state index contributed by atoms with van der Waals surface area (Å²) in [6.07, 6.45) is 1.65. The normalized spacial score (nSPS) is 10.5. The number of amides is 1. The van der Waals surface area contributed by atoms with Gasteiger partial charge in [0.1, 0.15) is 11.4 Å². The molecule has 150 valence electrons. The van der Waals surface area contributed by atoms with E-state index in [-0.39, 0.29) is 17.7 Å². The smallest absolute Gasteiger partial charge is 0.274 e. The highest BCUT2D eigenvalue weighted by atomic mass is 16.5. The summed E-state index contributed by atoms with van der Waals surface area (Å²) < 4.78 is 5.61. The van der Waals surface area contributed by atoms with Gasteiger partial charge >= 0.3 is 0 Å². The number of hydrogen-bond acceptors (Lipinski definition) is 6. The van der Waals surface area contributed by atoms with Crippen molar-refractivity contribution >= 4 is 28.9 Å². The van der Waals surface area contributed by atoms with Crippen LogP contribution in [0.5, 0.6) is 5.75 Å². The number of ether oxygens (including phenoxy) is 1. The average Bonchev–Trinajstić information content (AvgIpc) is 2.70. The Labute approximate surface area is 170 Å². The van der Waals surface area contributed by atoms with E-state index in [1.54, 1.807) is 24.4 Å². The van der Waals surface area contributed by atoms with E-state index in [9.17, 15) is 4.79 Å². The van der Waals surface area contributed by atoms with Gasteiger partial charge in [0, 0.05) is 37.4 Å². The summed E-state index contributed by atoms with van der Waals surface area (Å²) in [5.74, 6) is 0.804. The van der Waals surface area contributed by atoms with Crippen LogP contribution in [0.2, 0.25) is 0 Å². The fourth-order valence-electron chi connectivity index (χ4n) is 2.60. The number of nitrogens with zero attached hydrogens (tertiary/aromatic N) is 3. The highest BCUT2D eigenvalue weighted by molar-refractivity contribution is 6.03. The minimum Gasteiger partial charge on any atom is -0.491 e. The van der Waals surface area contributed by atoms with Gasteiger partial charge in [0.05, 0.1) is 6.10 Å². The second-order valence-electron chi connectivity index (χ2n) is 6.98. The number of benzene rings is 2. The van der Waals surface area contributed by atoms with Gasteiger partial charge in [-0.3, -0.25) is 4.79 Å². The second kappa shape index (κ2) is 9.05. The zero-order valence-corrected chi connectivity index (χ0v) is 17.0. The number of nitrogens with one attached hydrogen (secondary N) is 2. The Morgan fingerprint density at radius 2 is 1.62 bits per heavy atom. The van der Waals surface area contributed by atoms with Crippen molar-refractivity contribution in [2.75, 3.05) is 29.6 Å². The van der Waals surface area contributed by atoms with E-state index in [2.05, 4.69) is 20.6 Å². The maximum Gasteiger partial charge on any atom is 0.274 e. The summed E-state index contributed by atoms with van der Waals surface area (Å²) in [5, 5.41) is 5.95. The van der Waals surface area contributed by atoms with Crippen molar-refractivity contribution in [3.8, 4) is 5.75 Å². The van der Waals surface area contributed by atoms with Crippen molar-refractivity contribution in [3.05, 3.63) is 66.5 Å². The number of rotatable bonds is 7. The molecule has 2 N–H and O–H groups in total. The molecule has 2 aromatic carbocycles. The average molecular weight is 391 g/mol. The molecule has 3 aromatic rings. The number of anilines is 4. The van der Waals surface area contributed by atoms with Crippen molar-refractivity contribution in [1.82, 2.24) is 9.97 Å². The zero-order chi connectivity index (χ0) is 20.8. The van der Waals surface area contributed by atoms with Crippen molar-refractivity contribution in [2.24, 2.45) is 0 Å². The first-order chi connectivity index (χ1) is 13.9. The Kier molecular flexibility index (Phi) is 6.29. The number of carbonyl (C=O) groups excluding carboxylic acids is 1. The molecule has 0 fully saturated rings. The van der Waals surface area contributed by atoms with Crippen LogP contribution in [0.15, 0.2) is 60.8 Å². The molecule has 0 unspecified atom stereocenters. The quantitative estimate of drug-likeness (QED) is 0.624. The van der Waals surface area contributed by atoms with E-state index < -0.39 is 0 Å². The lowest BCUT2D eigenvalue weighted by Gasteiger charge is -2.13. The van der Waals surface area contributed by atoms with Crippen molar-refractivity contribution in [1.29, 1.82) is 0 Å². The summed E-state index contributed by atoms with van der Waals surface area (Å²) in [6, 6.07) is 16.7. The Balaban J connectivity index is 1.66. The lowest BCUT2D eigenvalue weighted by atomic mass is 10.2. The fourth-order valence-corrected chi connectivity index (χ4v) is 2.60. The van der Waals surface area contributed by atoms with Crippen LogP contribution in [0.25, 0.3) is 0 Å². The fraction of sp³-hybridized carbons (Fsp3) is 0.227.